The van der Waals surface area contributed by atoms with Crippen LogP contribution in [0.15, 0.2) is 41.8 Å². The van der Waals surface area contributed by atoms with Crippen LogP contribution in [0.25, 0.3) is 21.6 Å². The first-order chi connectivity index (χ1) is 20.7. The number of nitrogens with two attached hydrogens (primary N) is 1. The molecule has 1 aliphatic carbocycles. The van der Waals surface area contributed by atoms with Crippen LogP contribution in [0.2, 0.25) is 0 Å². The average molecular weight is 616 g/mol. The Morgan fingerprint density at radius 1 is 1.33 bits per heavy atom. The molecule has 1 saturated carbocycles. The molecular weight excluding hydrogens is 577 g/mol. The van der Waals surface area contributed by atoms with E-state index < -0.39 is 37.8 Å². The summed E-state index contributed by atoms with van der Waals surface area (Å²) in [6.45, 7) is 5.45. The van der Waals surface area contributed by atoms with Crippen molar-refractivity contribution in [1.82, 2.24) is 24.6 Å². The number of nitrogens with zero attached hydrogens (tertiary/aromatic N) is 7. The largest absolute Gasteiger partial charge is 0.476 e. The number of anilines is 1. The van der Waals surface area contributed by atoms with Gasteiger partial charge in [-0.1, -0.05) is 55.2 Å². The lowest BCUT2D eigenvalue weighted by atomic mass is 9.93. The van der Waals surface area contributed by atoms with Crippen LogP contribution in [-0.4, -0.2) is 61.6 Å². The molecule has 16 heteroatoms. The first kappa shape index (κ1) is 31.1. The van der Waals surface area contributed by atoms with Crippen LogP contribution < -0.4 is 15.6 Å². The Kier molecular flexibility index (Phi) is 9.52. The highest BCUT2D eigenvalue weighted by molar-refractivity contribution is 7.51. The third kappa shape index (κ3) is 6.78. The van der Waals surface area contributed by atoms with E-state index >= 15 is 0 Å². The molecule has 1 saturated heterocycles. The second-order valence-electron chi connectivity index (χ2n) is 10.9. The van der Waals surface area contributed by atoms with Gasteiger partial charge >= 0.3 is 7.75 Å². The van der Waals surface area contributed by atoms with Crippen molar-refractivity contribution in [2.75, 3.05) is 18.9 Å². The molecule has 1 aliphatic heterocycles. The minimum absolute atomic E-state index is 0.00560. The van der Waals surface area contributed by atoms with Gasteiger partial charge in [-0.05, 0) is 44.2 Å². The van der Waals surface area contributed by atoms with Gasteiger partial charge in [-0.2, -0.15) is 9.97 Å². The molecule has 232 valence electrons. The molecule has 3 heterocycles. The van der Waals surface area contributed by atoms with Gasteiger partial charge in [0.1, 0.15) is 11.6 Å². The van der Waals surface area contributed by atoms with E-state index in [1.54, 1.807) is 13.8 Å². The molecule has 15 nitrogen and oxygen atoms in total. The topological polar surface area (TPSA) is 205 Å². The van der Waals surface area contributed by atoms with E-state index in [2.05, 4.69) is 37.0 Å². The van der Waals surface area contributed by atoms with Crippen molar-refractivity contribution >= 4 is 24.9 Å². The Morgan fingerprint density at radius 3 is 2.77 bits per heavy atom. The van der Waals surface area contributed by atoms with Crippen molar-refractivity contribution in [3.63, 3.8) is 0 Å². The maximum absolute atomic E-state index is 14.1. The van der Waals surface area contributed by atoms with Crippen molar-refractivity contribution in [2.45, 2.75) is 89.0 Å². The van der Waals surface area contributed by atoms with Crippen LogP contribution in [0.4, 0.5) is 5.95 Å². The number of nitrogen functional groups attached to an aromatic ring is 1. The third-order valence-electron chi connectivity index (χ3n) is 7.54. The third-order valence-corrected chi connectivity index (χ3v) is 9.24. The predicted molar refractivity (Wildman–Crippen MR) is 158 cm³/mol. The van der Waals surface area contributed by atoms with Gasteiger partial charge in [-0.25, -0.2) is 14.6 Å². The SMILES string of the molecule is CCCCC(OP(=O)(NC1CC1)OC[C@H]1O[C@H](n2cnc3c(OCC)nc(N)nc32)[C@](C)(N=[N+]=[N-])[C@@H]1O)c1ccccc1. The Hall–Kier alpha value is -3.29. The van der Waals surface area contributed by atoms with E-state index in [0.29, 0.717) is 18.5 Å². The lowest BCUT2D eigenvalue weighted by Gasteiger charge is -2.28. The lowest BCUT2D eigenvalue weighted by molar-refractivity contribution is -0.0447. The number of azide groups is 1. The van der Waals surface area contributed by atoms with Crippen molar-refractivity contribution in [3.8, 4) is 5.88 Å². The highest BCUT2D eigenvalue weighted by atomic mass is 31.2. The number of aliphatic hydroxyl groups is 1. The van der Waals surface area contributed by atoms with Gasteiger partial charge in [0.25, 0.3) is 0 Å². The van der Waals surface area contributed by atoms with Gasteiger partial charge in [-0.3, -0.25) is 13.6 Å². The average Bonchev–Trinajstić information content (AvgIpc) is 3.64. The maximum atomic E-state index is 14.1. The number of hydrogen-bond donors (Lipinski definition) is 3. The minimum atomic E-state index is -3.87. The van der Waals surface area contributed by atoms with Crippen LogP contribution >= 0.6 is 7.75 Å². The molecule has 0 bridgehead atoms. The van der Waals surface area contributed by atoms with Gasteiger partial charge in [0.15, 0.2) is 17.4 Å². The summed E-state index contributed by atoms with van der Waals surface area (Å²) in [7, 11) is -3.87. The number of nitrogens with one attached hydrogen (secondary N) is 1. The number of imidazole rings is 1. The maximum Gasteiger partial charge on any atom is 0.406 e. The molecule has 1 aromatic carbocycles. The van der Waals surface area contributed by atoms with Crippen molar-refractivity contribution in [2.24, 2.45) is 5.11 Å². The number of aromatic nitrogens is 4. The zero-order chi connectivity index (χ0) is 30.6. The standard InChI is InChI=1S/C27H38N9O6P/c1-4-6-12-19(17-10-8-7-9-11-17)42-43(38,33-18-13-14-18)40-15-20-22(37)27(3,34-35-29)25(41-20)36-16-30-21-23(36)31-26(28)32-24(21)39-5-2/h7-11,16,18-20,22,25,37H,4-6,12-15H2,1-3H3,(H,33,38)(H2,28,31,32)/t19?,20-,22-,25+,27-,43?/m1/s1. The summed E-state index contributed by atoms with van der Waals surface area (Å²) in [5, 5.41) is 18.4. The fraction of sp³-hybridized carbons (Fsp3) is 0.593. The highest BCUT2D eigenvalue weighted by Crippen LogP contribution is 2.53. The van der Waals surface area contributed by atoms with Gasteiger partial charge in [0.05, 0.1) is 31.7 Å². The van der Waals surface area contributed by atoms with Crippen molar-refractivity contribution in [1.29, 1.82) is 0 Å². The molecule has 2 unspecified atom stereocenters. The van der Waals surface area contributed by atoms with Gasteiger partial charge in [0, 0.05) is 11.0 Å². The molecule has 0 radical (unpaired) electrons. The monoisotopic (exact) mass is 615 g/mol. The molecule has 3 aromatic rings. The Balaban J connectivity index is 1.40. The Morgan fingerprint density at radius 2 is 2.09 bits per heavy atom. The van der Waals surface area contributed by atoms with E-state index in [0.717, 1.165) is 31.2 Å². The van der Waals surface area contributed by atoms with Gasteiger partial charge in [-0.15, -0.1) is 0 Å². The minimum Gasteiger partial charge on any atom is -0.476 e. The molecule has 0 spiro atoms. The zero-order valence-electron chi connectivity index (χ0n) is 24.4. The number of hydrogen-bond acceptors (Lipinski definition) is 11. The molecule has 0 amide bonds. The molecule has 2 aliphatic rings. The Bertz CT molecular complexity index is 1500. The molecule has 4 N–H and O–H groups in total. The second-order valence-corrected chi connectivity index (χ2v) is 12.6. The van der Waals surface area contributed by atoms with Crippen molar-refractivity contribution in [3.05, 3.63) is 52.7 Å². The molecule has 2 aromatic heterocycles. The summed E-state index contributed by atoms with van der Waals surface area (Å²) in [5.41, 5.74) is 15.3. The number of aliphatic hydroxyl groups excluding tert-OH is 1. The van der Waals surface area contributed by atoms with Crippen LogP contribution in [-0.2, 0) is 18.3 Å². The predicted octanol–water partition coefficient (Wildman–Crippen LogP) is 4.96. The quantitative estimate of drug-likeness (QED) is 0.0901. The van der Waals surface area contributed by atoms with E-state index in [9.17, 15) is 15.2 Å². The van der Waals surface area contributed by atoms with Crippen molar-refractivity contribution < 1.29 is 28.2 Å². The fourth-order valence-electron chi connectivity index (χ4n) is 5.11. The zero-order valence-corrected chi connectivity index (χ0v) is 25.3. The normalized spacial score (nSPS) is 25.7. The van der Waals surface area contributed by atoms with E-state index in [-0.39, 0.29) is 30.1 Å². The lowest BCUT2D eigenvalue weighted by Crippen LogP contribution is -2.42. The Labute approximate surface area is 249 Å². The highest BCUT2D eigenvalue weighted by Gasteiger charge is 2.55. The van der Waals surface area contributed by atoms with Gasteiger partial charge in [0.2, 0.25) is 11.8 Å². The van der Waals surface area contributed by atoms with Gasteiger partial charge < -0.3 is 20.3 Å². The van der Waals surface area contributed by atoms with E-state index in [4.69, 9.17) is 24.3 Å². The molecule has 2 fully saturated rings. The van der Waals surface area contributed by atoms with E-state index in [1.807, 2.05) is 30.3 Å². The summed E-state index contributed by atoms with van der Waals surface area (Å²) >= 11 is 0. The first-order valence-electron chi connectivity index (χ1n) is 14.5. The fourth-order valence-corrected chi connectivity index (χ4v) is 6.92. The summed E-state index contributed by atoms with van der Waals surface area (Å²) < 4.78 is 39.7. The number of fused-ring (bicyclic) bond motifs is 1. The molecule has 5 rings (SSSR count). The molecule has 43 heavy (non-hydrogen) atoms. The van der Waals surface area contributed by atoms with E-state index in [1.165, 1.54) is 10.9 Å². The second kappa shape index (κ2) is 13.1. The summed E-state index contributed by atoms with van der Waals surface area (Å²) in [4.78, 5) is 15.7. The number of benzene rings is 1. The number of rotatable bonds is 15. The number of unbranched alkanes of at least 4 members (excludes halogenated alkanes) is 1. The first-order valence-corrected chi connectivity index (χ1v) is 16.0. The van der Waals surface area contributed by atoms with Crippen LogP contribution in [0.5, 0.6) is 5.88 Å². The van der Waals surface area contributed by atoms with Crippen LogP contribution in [0.3, 0.4) is 0 Å². The molecule has 6 atom stereocenters. The summed E-state index contributed by atoms with van der Waals surface area (Å²) in [6, 6.07) is 9.61. The molecular formula is C27H38N9O6P. The smallest absolute Gasteiger partial charge is 0.406 e. The summed E-state index contributed by atoms with van der Waals surface area (Å²) in [6.07, 6.45) is 1.67. The van der Waals surface area contributed by atoms with Crippen LogP contribution in [0, 0.1) is 0 Å². The number of ether oxygens (including phenoxy) is 2. The summed E-state index contributed by atoms with van der Waals surface area (Å²) in [5.74, 6) is 0.134. The van der Waals surface area contributed by atoms with Crippen LogP contribution in [0.1, 0.15) is 70.8 Å².